The molecule has 1 atom stereocenters. The Balaban J connectivity index is 2.04. The molecule has 2 amide bonds. The number of likely N-dealkylation sites (N-methyl/N-ethyl adjacent to an activating group) is 1. The number of nitrogens with one attached hydrogen (secondary N) is 1. The first-order valence-corrected chi connectivity index (χ1v) is 9.65. The van der Waals surface area contributed by atoms with Gasteiger partial charge in [0.05, 0.1) is 17.3 Å². The maximum Gasteiger partial charge on any atom is 0.253 e. The number of fused-ring (bicyclic) bond motifs is 1. The number of allylic oxidation sites excluding steroid dienone is 1. The van der Waals surface area contributed by atoms with Gasteiger partial charge >= 0.3 is 0 Å². The van der Waals surface area contributed by atoms with E-state index in [-0.39, 0.29) is 17.9 Å². The van der Waals surface area contributed by atoms with Gasteiger partial charge in [-0.25, -0.2) is 4.99 Å². The fourth-order valence-corrected chi connectivity index (χ4v) is 4.30. The van der Waals surface area contributed by atoms with E-state index in [0.29, 0.717) is 5.57 Å². The molecule has 0 bridgehead atoms. The van der Waals surface area contributed by atoms with Crippen molar-refractivity contribution in [1.82, 2.24) is 9.80 Å². The number of nitrogens with zero attached hydrogens (tertiary/aromatic N) is 3. The molecule has 0 saturated carbocycles. The van der Waals surface area contributed by atoms with Gasteiger partial charge in [-0.05, 0) is 31.0 Å². The average molecular weight is 372 g/mol. The summed E-state index contributed by atoms with van der Waals surface area (Å²) in [6.07, 6.45) is 1.06. The van der Waals surface area contributed by atoms with Crippen LogP contribution in [0.25, 0.3) is 0 Å². The fraction of sp³-hybridized carbons (Fsp3) is 0.421. The first-order valence-electron chi connectivity index (χ1n) is 8.66. The lowest BCUT2D eigenvalue weighted by molar-refractivity contribution is -0.125. The molecule has 1 aromatic rings. The van der Waals surface area contributed by atoms with Crippen molar-refractivity contribution in [3.63, 3.8) is 0 Å². The zero-order valence-corrected chi connectivity index (χ0v) is 16.4. The summed E-state index contributed by atoms with van der Waals surface area (Å²) in [4.78, 5) is 32.7. The number of rotatable bonds is 3. The summed E-state index contributed by atoms with van der Waals surface area (Å²) in [6.45, 7) is 4.28. The predicted octanol–water partition coefficient (Wildman–Crippen LogP) is 2.86. The molecular formula is C19H24N4O2S. The summed E-state index contributed by atoms with van der Waals surface area (Å²) in [5, 5.41) is 3.77. The van der Waals surface area contributed by atoms with Crippen molar-refractivity contribution in [2.45, 2.75) is 26.3 Å². The van der Waals surface area contributed by atoms with E-state index in [1.165, 1.54) is 6.92 Å². The highest BCUT2D eigenvalue weighted by molar-refractivity contribution is 8.13. The van der Waals surface area contributed by atoms with Crippen LogP contribution in [0.5, 0.6) is 0 Å². The number of amidine groups is 1. The third-order valence-electron chi connectivity index (χ3n) is 4.44. The Morgan fingerprint density at radius 3 is 2.58 bits per heavy atom. The molecule has 0 aliphatic carbocycles. The van der Waals surface area contributed by atoms with E-state index >= 15 is 0 Å². The van der Waals surface area contributed by atoms with Crippen molar-refractivity contribution in [3.05, 3.63) is 41.1 Å². The Kier molecular flexibility index (Phi) is 5.36. The number of amides is 2. The van der Waals surface area contributed by atoms with Crippen LogP contribution in [0.2, 0.25) is 0 Å². The van der Waals surface area contributed by atoms with Crippen molar-refractivity contribution >= 4 is 34.4 Å². The van der Waals surface area contributed by atoms with Crippen LogP contribution in [0, 0.1) is 0 Å². The summed E-state index contributed by atoms with van der Waals surface area (Å²) in [6, 6.07) is 7.57. The molecule has 138 valence electrons. The zero-order valence-electron chi connectivity index (χ0n) is 15.6. The van der Waals surface area contributed by atoms with Crippen LogP contribution in [0.15, 0.2) is 40.5 Å². The topological polar surface area (TPSA) is 65.0 Å². The van der Waals surface area contributed by atoms with Gasteiger partial charge in [-0.3, -0.25) is 9.59 Å². The van der Waals surface area contributed by atoms with Crippen molar-refractivity contribution in [3.8, 4) is 0 Å². The van der Waals surface area contributed by atoms with Gasteiger partial charge in [0.2, 0.25) is 5.91 Å². The van der Waals surface area contributed by atoms with Gasteiger partial charge in [0, 0.05) is 39.0 Å². The first kappa shape index (κ1) is 18.5. The van der Waals surface area contributed by atoms with Gasteiger partial charge in [0.15, 0.2) is 5.17 Å². The molecule has 6 nitrogen and oxygen atoms in total. The monoisotopic (exact) mass is 372 g/mol. The third kappa shape index (κ3) is 3.62. The number of benzene rings is 1. The fourth-order valence-electron chi connectivity index (χ4n) is 3.28. The number of anilines is 1. The average Bonchev–Trinajstić information content (AvgIpc) is 2.60. The Bertz CT molecular complexity index is 783. The lowest BCUT2D eigenvalue weighted by Crippen LogP contribution is -2.43. The number of thioether (sulfide) groups is 1. The van der Waals surface area contributed by atoms with Crippen molar-refractivity contribution in [2.75, 3.05) is 31.7 Å². The zero-order chi connectivity index (χ0) is 18.8. The van der Waals surface area contributed by atoms with Crippen LogP contribution < -0.4 is 5.32 Å². The van der Waals surface area contributed by atoms with Gasteiger partial charge in [-0.15, -0.1) is 0 Å². The molecule has 1 aromatic carbocycles. The molecule has 0 spiro atoms. The number of hydrogen-bond donors (Lipinski definition) is 1. The van der Waals surface area contributed by atoms with Gasteiger partial charge in [0.25, 0.3) is 5.91 Å². The summed E-state index contributed by atoms with van der Waals surface area (Å²) in [5.41, 5.74) is 3.27. The van der Waals surface area contributed by atoms with E-state index < -0.39 is 0 Å². The van der Waals surface area contributed by atoms with Crippen LogP contribution in [-0.4, -0.2) is 53.2 Å². The minimum Gasteiger partial charge on any atom is -0.345 e. The molecular weight excluding hydrogens is 348 g/mol. The third-order valence-corrected chi connectivity index (χ3v) is 5.52. The van der Waals surface area contributed by atoms with E-state index in [9.17, 15) is 9.59 Å². The van der Waals surface area contributed by atoms with Crippen molar-refractivity contribution in [2.24, 2.45) is 4.99 Å². The second-order valence-electron chi connectivity index (χ2n) is 6.69. The maximum absolute atomic E-state index is 12.9. The second-order valence-corrected chi connectivity index (χ2v) is 7.76. The quantitative estimate of drug-likeness (QED) is 0.886. The summed E-state index contributed by atoms with van der Waals surface area (Å²) < 4.78 is 0. The molecule has 1 N–H and O–H groups in total. The first-order chi connectivity index (χ1) is 12.4. The SMILES string of the molecule is CC(=O)Nc1ccc(C2C(C(=O)N(C)C)=C(C)N=C3SCCCN32)cc1. The number of aliphatic imine (C=N–C) groups is 1. The molecule has 3 rings (SSSR count). The summed E-state index contributed by atoms with van der Waals surface area (Å²) in [5.74, 6) is 0.932. The molecule has 1 fully saturated rings. The molecule has 7 heteroatoms. The van der Waals surface area contributed by atoms with Gasteiger partial charge in [0.1, 0.15) is 0 Å². The highest BCUT2D eigenvalue weighted by atomic mass is 32.2. The van der Waals surface area contributed by atoms with E-state index in [2.05, 4.69) is 10.2 Å². The second kappa shape index (κ2) is 7.53. The Morgan fingerprint density at radius 2 is 1.96 bits per heavy atom. The molecule has 1 saturated heterocycles. The van der Waals surface area contributed by atoms with E-state index in [1.54, 1.807) is 30.8 Å². The Morgan fingerprint density at radius 1 is 1.27 bits per heavy atom. The highest BCUT2D eigenvalue weighted by Crippen LogP contribution is 2.40. The van der Waals surface area contributed by atoms with Crippen molar-refractivity contribution in [1.29, 1.82) is 0 Å². The molecule has 0 aromatic heterocycles. The lowest BCUT2D eigenvalue weighted by atomic mass is 9.93. The predicted molar refractivity (Wildman–Crippen MR) is 106 cm³/mol. The molecule has 0 radical (unpaired) electrons. The van der Waals surface area contributed by atoms with Crippen molar-refractivity contribution < 1.29 is 9.59 Å². The minimum atomic E-state index is -0.156. The van der Waals surface area contributed by atoms with E-state index in [1.807, 2.05) is 31.2 Å². The largest absolute Gasteiger partial charge is 0.345 e. The standard InChI is InChI=1S/C19H24N4O2S/c1-12-16(18(25)22(3)4)17(23-10-5-11-26-19(23)20-12)14-6-8-15(9-7-14)21-13(2)24/h6-9,17H,5,10-11H2,1-4H3,(H,21,24). The lowest BCUT2D eigenvalue weighted by Gasteiger charge is -2.41. The summed E-state index contributed by atoms with van der Waals surface area (Å²) >= 11 is 1.74. The van der Waals surface area contributed by atoms with Crippen LogP contribution in [0.1, 0.15) is 31.9 Å². The minimum absolute atomic E-state index is 0.0168. The smallest absolute Gasteiger partial charge is 0.253 e. The molecule has 2 heterocycles. The number of carbonyl (C=O) groups is 2. The molecule has 2 aliphatic heterocycles. The number of hydrogen-bond acceptors (Lipinski definition) is 5. The number of carbonyl (C=O) groups excluding carboxylic acids is 2. The van der Waals surface area contributed by atoms with E-state index in [0.717, 1.165) is 40.8 Å². The van der Waals surface area contributed by atoms with Crippen LogP contribution >= 0.6 is 11.8 Å². The van der Waals surface area contributed by atoms with Crippen LogP contribution in [-0.2, 0) is 9.59 Å². The Hall–Kier alpha value is -2.28. The highest BCUT2D eigenvalue weighted by Gasteiger charge is 2.37. The van der Waals surface area contributed by atoms with Crippen LogP contribution in [0.4, 0.5) is 5.69 Å². The summed E-state index contributed by atoms with van der Waals surface area (Å²) in [7, 11) is 3.54. The Labute approximate surface area is 158 Å². The molecule has 2 aliphatic rings. The van der Waals surface area contributed by atoms with Crippen LogP contribution in [0.3, 0.4) is 0 Å². The molecule has 26 heavy (non-hydrogen) atoms. The maximum atomic E-state index is 12.9. The van der Waals surface area contributed by atoms with Gasteiger partial charge in [-0.1, -0.05) is 23.9 Å². The van der Waals surface area contributed by atoms with Gasteiger partial charge in [-0.2, -0.15) is 0 Å². The van der Waals surface area contributed by atoms with Gasteiger partial charge < -0.3 is 15.1 Å². The normalized spacial score (nSPS) is 19.6. The molecule has 1 unspecified atom stereocenters. The van der Waals surface area contributed by atoms with E-state index in [4.69, 9.17) is 4.99 Å².